The number of aryl methyl sites for hydroxylation is 1. The van der Waals surface area contributed by atoms with Crippen LogP contribution >= 0.6 is 11.8 Å². The first-order chi connectivity index (χ1) is 14.9. The lowest BCUT2D eigenvalue weighted by molar-refractivity contribution is -0.113. The van der Waals surface area contributed by atoms with Crippen LogP contribution in [0.2, 0.25) is 0 Å². The van der Waals surface area contributed by atoms with Crippen molar-refractivity contribution in [2.45, 2.75) is 50.6 Å². The Bertz CT molecular complexity index is 1140. The summed E-state index contributed by atoms with van der Waals surface area (Å²) in [4.78, 5) is 30.1. The van der Waals surface area contributed by atoms with Crippen LogP contribution in [-0.4, -0.2) is 28.6 Å². The van der Waals surface area contributed by atoms with E-state index in [9.17, 15) is 9.59 Å². The minimum absolute atomic E-state index is 0.0751. The van der Waals surface area contributed by atoms with Crippen molar-refractivity contribution in [3.05, 3.63) is 65.2 Å². The second-order valence-electron chi connectivity index (χ2n) is 8.30. The molecule has 0 unspecified atom stereocenters. The number of amides is 2. The van der Waals surface area contributed by atoms with E-state index in [-0.39, 0.29) is 23.6 Å². The molecule has 1 aromatic heterocycles. The zero-order chi connectivity index (χ0) is 22.0. The quantitative estimate of drug-likeness (QED) is 0.497. The Hall–Kier alpha value is -2.86. The summed E-state index contributed by atoms with van der Waals surface area (Å²) < 4.78 is 0. The van der Waals surface area contributed by atoms with Crippen LogP contribution in [0.1, 0.15) is 54.1 Å². The van der Waals surface area contributed by atoms with Gasteiger partial charge in [0.05, 0.1) is 21.9 Å². The number of anilines is 1. The summed E-state index contributed by atoms with van der Waals surface area (Å²) in [6, 6.07) is 15.8. The van der Waals surface area contributed by atoms with Gasteiger partial charge >= 0.3 is 0 Å². The molecule has 1 aliphatic rings. The highest BCUT2D eigenvalue weighted by Crippen LogP contribution is 2.29. The number of nitrogens with one attached hydrogen (secondary N) is 2. The number of carbonyl (C=O) groups excluding carboxylic acids is 2. The molecule has 1 heterocycles. The average Bonchev–Trinajstić information content (AvgIpc) is 3.56. The number of hydrogen-bond donors (Lipinski definition) is 2. The Kier molecular flexibility index (Phi) is 6.28. The molecule has 1 fully saturated rings. The van der Waals surface area contributed by atoms with Crippen LogP contribution in [0.4, 0.5) is 5.69 Å². The van der Waals surface area contributed by atoms with Crippen molar-refractivity contribution in [2.24, 2.45) is 0 Å². The summed E-state index contributed by atoms with van der Waals surface area (Å²) in [5.74, 6) is 0.382. The van der Waals surface area contributed by atoms with Gasteiger partial charge in [0.15, 0.2) is 0 Å². The van der Waals surface area contributed by atoms with Crippen molar-refractivity contribution in [1.29, 1.82) is 0 Å². The summed E-state index contributed by atoms with van der Waals surface area (Å²) >= 11 is 1.35. The minimum Gasteiger partial charge on any atom is -0.349 e. The van der Waals surface area contributed by atoms with E-state index in [1.54, 1.807) is 6.07 Å². The monoisotopic (exact) mass is 433 g/mol. The van der Waals surface area contributed by atoms with Crippen LogP contribution in [0, 0.1) is 6.92 Å². The van der Waals surface area contributed by atoms with Gasteiger partial charge in [-0.05, 0) is 48.9 Å². The predicted octanol–water partition coefficient (Wildman–Crippen LogP) is 5.29. The Labute approximate surface area is 187 Å². The van der Waals surface area contributed by atoms with E-state index >= 15 is 0 Å². The van der Waals surface area contributed by atoms with Crippen LogP contribution in [0.3, 0.4) is 0 Å². The van der Waals surface area contributed by atoms with E-state index in [0.717, 1.165) is 40.6 Å². The normalized spacial score (nSPS) is 13.4. The number of benzene rings is 2. The Balaban J connectivity index is 1.51. The van der Waals surface area contributed by atoms with Crippen LogP contribution in [0.5, 0.6) is 0 Å². The number of hydrogen-bond acceptors (Lipinski definition) is 4. The molecule has 31 heavy (non-hydrogen) atoms. The van der Waals surface area contributed by atoms with E-state index in [1.807, 2.05) is 43.3 Å². The maximum absolute atomic E-state index is 12.8. The van der Waals surface area contributed by atoms with Gasteiger partial charge in [0.2, 0.25) is 5.91 Å². The molecule has 2 aromatic carbocycles. The predicted molar refractivity (Wildman–Crippen MR) is 127 cm³/mol. The van der Waals surface area contributed by atoms with E-state index in [4.69, 9.17) is 0 Å². The third-order valence-electron chi connectivity index (χ3n) is 5.39. The Morgan fingerprint density at radius 1 is 1.13 bits per heavy atom. The van der Waals surface area contributed by atoms with Crippen LogP contribution in [0.15, 0.2) is 53.6 Å². The van der Waals surface area contributed by atoms with Crippen molar-refractivity contribution in [1.82, 2.24) is 10.3 Å². The number of rotatable bonds is 7. The first-order valence-corrected chi connectivity index (χ1v) is 11.6. The van der Waals surface area contributed by atoms with Gasteiger partial charge in [0.1, 0.15) is 0 Å². The van der Waals surface area contributed by atoms with Gasteiger partial charge in [0.25, 0.3) is 5.91 Å². The SMILES string of the molecule is Cc1cccc(C(C)C)c1NC(=O)CSc1cc(C(=O)NC2CC2)c2ccccc2n1. The lowest BCUT2D eigenvalue weighted by Gasteiger charge is -2.16. The molecule has 0 radical (unpaired) electrons. The Morgan fingerprint density at radius 3 is 2.65 bits per heavy atom. The summed E-state index contributed by atoms with van der Waals surface area (Å²) in [5.41, 5.74) is 4.43. The highest BCUT2D eigenvalue weighted by Gasteiger charge is 2.25. The topological polar surface area (TPSA) is 71.1 Å². The molecular weight excluding hydrogens is 406 g/mol. The highest BCUT2D eigenvalue weighted by atomic mass is 32.2. The standard InChI is InChI=1S/C25H27N3O2S/c1-15(2)18-9-6-7-16(3)24(18)28-22(29)14-31-23-13-20(25(30)26-17-11-12-17)19-8-4-5-10-21(19)27-23/h4-10,13,15,17H,11-12,14H2,1-3H3,(H,26,30)(H,28,29). The molecular formula is C25H27N3O2S. The third-order valence-corrected chi connectivity index (χ3v) is 6.30. The maximum Gasteiger partial charge on any atom is 0.252 e. The van der Waals surface area contributed by atoms with E-state index in [0.29, 0.717) is 16.5 Å². The van der Waals surface area contributed by atoms with E-state index in [1.165, 1.54) is 11.8 Å². The fourth-order valence-electron chi connectivity index (χ4n) is 3.56. The summed E-state index contributed by atoms with van der Waals surface area (Å²) in [5, 5.41) is 7.63. The van der Waals surface area contributed by atoms with Gasteiger partial charge < -0.3 is 10.6 Å². The molecule has 6 heteroatoms. The van der Waals surface area contributed by atoms with E-state index < -0.39 is 0 Å². The van der Waals surface area contributed by atoms with Crippen LogP contribution in [-0.2, 0) is 4.79 Å². The first-order valence-electron chi connectivity index (χ1n) is 10.6. The minimum atomic E-state index is -0.0832. The smallest absolute Gasteiger partial charge is 0.252 e. The molecule has 160 valence electrons. The Morgan fingerprint density at radius 2 is 1.90 bits per heavy atom. The molecule has 0 aliphatic heterocycles. The molecule has 1 aliphatic carbocycles. The van der Waals surface area contributed by atoms with Crippen molar-refractivity contribution in [3.8, 4) is 0 Å². The van der Waals surface area contributed by atoms with Crippen molar-refractivity contribution < 1.29 is 9.59 Å². The highest BCUT2D eigenvalue weighted by molar-refractivity contribution is 7.99. The largest absolute Gasteiger partial charge is 0.349 e. The molecule has 2 N–H and O–H groups in total. The molecule has 4 rings (SSSR count). The molecule has 0 spiro atoms. The summed E-state index contributed by atoms with van der Waals surface area (Å²) in [6.45, 7) is 6.24. The molecule has 0 bridgehead atoms. The first kappa shape index (κ1) is 21.4. The van der Waals surface area contributed by atoms with Gasteiger partial charge in [-0.1, -0.05) is 62.0 Å². The lowest BCUT2D eigenvalue weighted by Crippen LogP contribution is -2.25. The van der Waals surface area contributed by atoms with Gasteiger partial charge in [-0.2, -0.15) is 0 Å². The lowest BCUT2D eigenvalue weighted by atomic mass is 9.98. The van der Waals surface area contributed by atoms with E-state index in [2.05, 4.69) is 35.5 Å². The van der Waals surface area contributed by atoms with Crippen molar-refractivity contribution >= 4 is 40.2 Å². The molecule has 2 amide bonds. The number of carbonyl (C=O) groups is 2. The number of aromatic nitrogens is 1. The maximum atomic E-state index is 12.8. The van der Waals surface area contributed by atoms with Gasteiger partial charge in [-0.3, -0.25) is 9.59 Å². The third kappa shape index (κ3) is 5.07. The number of thioether (sulfide) groups is 1. The second-order valence-corrected chi connectivity index (χ2v) is 9.30. The fourth-order valence-corrected chi connectivity index (χ4v) is 4.28. The van der Waals surface area contributed by atoms with Crippen LogP contribution < -0.4 is 10.6 Å². The van der Waals surface area contributed by atoms with Crippen molar-refractivity contribution in [3.63, 3.8) is 0 Å². The summed E-state index contributed by atoms with van der Waals surface area (Å²) in [7, 11) is 0. The molecule has 0 saturated heterocycles. The molecule has 1 saturated carbocycles. The number of pyridine rings is 1. The van der Waals surface area contributed by atoms with Crippen molar-refractivity contribution in [2.75, 3.05) is 11.1 Å². The van der Waals surface area contributed by atoms with Gasteiger partial charge in [-0.15, -0.1) is 0 Å². The number of nitrogens with zero attached hydrogens (tertiary/aromatic N) is 1. The average molecular weight is 434 g/mol. The van der Waals surface area contributed by atoms with Gasteiger partial charge in [-0.25, -0.2) is 4.98 Å². The number of fused-ring (bicyclic) bond motifs is 1. The molecule has 3 aromatic rings. The summed E-state index contributed by atoms with van der Waals surface area (Å²) in [6.07, 6.45) is 2.07. The zero-order valence-corrected chi connectivity index (χ0v) is 18.9. The second kappa shape index (κ2) is 9.10. The van der Waals surface area contributed by atoms with Crippen LogP contribution in [0.25, 0.3) is 10.9 Å². The van der Waals surface area contributed by atoms with Gasteiger partial charge in [0, 0.05) is 17.1 Å². The molecule has 5 nitrogen and oxygen atoms in total. The fraction of sp³-hybridized carbons (Fsp3) is 0.320. The zero-order valence-electron chi connectivity index (χ0n) is 18.1. The molecule has 0 atom stereocenters. The number of para-hydroxylation sites is 2.